The summed E-state index contributed by atoms with van der Waals surface area (Å²) in [4.78, 5) is 5.37. The molecule has 1 aliphatic rings. The number of rotatable bonds is 3. The van der Waals surface area contributed by atoms with Crippen molar-refractivity contribution in [3.63, 3.8) is 0 Å². The van der Waals surface area contributed by atoms with Crippen LogP contribution < -0.4 is 0 Å². The maximum absolute atomic E-state index is 5.93. The predicted octanol–water partition coefficient (Wildman–Crippen LogP) is 5.05. The van der Waals surface area contributed by atoms with E-state index in [1.165, 1.54) is 47.7 Å². The van der Waals surface area contributed by atoms with Gasteiger partial charge in [-0.3, -0.25) is 4.90 Å². The molecule has 1 aromatic carbocycles. The molecule has 2 aromatic rings. The highest BCUT2D eigenvalue weighted by molar-refractivity contribution is 7.15. The Morgan fingerprint density at radius 2 is 1.68 bits per heavy atom. The predicted molar refractivity (Wildman–Crippen MR) is 83.9 cm³/mol. The Balaban J connectivity index is 1.70. The Bertz CT molecular complexity index is 526. The number of likely N-dealkylation sites (tertiary alicyclic amines) is 1. The molecular weight excluding hydrogens is 274 g/mol. The SMILES string of the molecule is Clc1ccc(-c2ccc(CN3CCCCC3)s2)cc1. The van der Waals surface area contributed by atoms with E-state index in [0.29, 0.717) is 0 Å². The van der Waals surface area contributed by atoms with Crippen LogP contribution >= 0.6 is 22.9 Å². The summed E-state index contributed by atoms with van der Waals surface area (Å²) in [5.41, 5.74) is 1.26. The molecule has 0 radical (unpaired) electrons. The van der Waals surface area contributed by atoms with Gasteiger partial charge in [-0.25, -0.2) is 0 Å². The Morgan fingerprint density at radius 1 is 0.947 bits per heavy atom. The summed E-state index contributed by atoms with van der Waals surface area (Å²) in [6, 6.07) is 12.6. The zero-order chi connectivity index (χ0) is 13.1. The first kappa shape index (κ1) is 13.2. The Morgan fingerprint density at radius 3 is 2.42 bits per heavy atom. The molecule has 0 N–H and O–H groups in total. The number of benzene rings is 1. The van der Waals surface area contributed by atoms with Crippen LogP contribution in [0.1, 0.15) is 24.1 Å². The molecule has 0 amide bonds. The van der Waals surface area contributed by atoms with Crippen LogP contribution in [0, 0.1) is 0 Å². The summed E-state index contributed by atoms with van der Waals surface area (Å²) in [6.45, 7) is 3.63. The quantitative estimate of drug-likeness (QED) is 0.764. The Labute approximate surface area is 123 Å². The van der Waals surface area contributed by atoms with Crippen LogP contribution in [0.5, 0.6) is 0 Å². The van der Waals surface area contributed by atoms with E-state index in [9.17, 15) is 0 Å². The van der Waals surface area contributed by atoms with Gasteiger partial charge in [0, 0.05) is 21.3 Å². The molecule has 3 rings (SSSR count). The molecule has 0 saturated carbocycles. The fourth-order valence-corrected chi connectivity index (χ4v) is 3.75. The Hall–Kier alpha value is -0.830. The van der Waals surface area contributed by atoms with Crippen LogP contribution in [-0.2, 0) is 6.54 Å². The van der Waals surface area contributed by atoms with Gasteiger partial charge in [-0.1, -0.05) is 30.2 Å². The molecular formula is C16H18ClNS. The lowest BCUT2D eigenvalue weighted by molar-refractivity contribution is 0.222. The lowest BCUT2D eigenvalue weighted by Gasteiger charge is -2.25. The monoisotopic (exact) mass is 291 g/mol. The fraction of sp³-hybridized carbons (Fsp3) is 0.375. The highest BCUT2D eigenvalue weighted by Gasteiger charge is 2.11. The van der Waals surface area contributed by atoms with Gasteiger partial charge in [-0.05, 0) is 55.8 Å². The molecule has 1 nitrogen and oxygen atoms in total. The summed E-state index contributed by atoms with van der Waals surface area (Å²) in [5.74, 6) is 0. The zero-order valence-corrected chi connectivity index (χ0v) is 12.5. The van der Waals surface area contributed by atoms with Crippen molar-refractivity contribution in [2.24, 2.45) is 0 Å². The fourth-order valence-electron chi connectivity index (χ4n) is 2.57. The smallest absolute Gasteiger partial charge is 0.0406 e. The van der Waals surface area contributed by atoms with Crippen molar-refractivity contribution in [1.82, 2.24) is 4.90 Å². The molecule has 2 heterocycles. The van der Waals surface area contributed by atoms with E-state index in [1.54, 1.807) is 0 Å². The lowest BCUT2D eigenvalue weighted by atomic mass is 10.1. The highest BCUT2D eigenvalue weighted by Crippen LogP contribution is 2.30. The van der Waals surface area contributed by atoms with Crippen molar-refractivity contribution in [3.05, 3.63) is 46.3 Å². The average molecular weight is 292 g/mol. The largest absolute Gasteiger partial charge is 0.298 e. The standard InChI is InChI=1S/C16H18ClNS/c17-14-6-4-13(5-7-14)16-9-8-15(19-16)12-18-10-2-1-3-11-18/h4-9H,1-3,10-12H2. The molecule has 1 aromatic heterocycles. The molecule has 0 unspecified atom stereocenters. The molecule has 1 fully saturated rings. The molecule has 3 heteroatoms. The van der Waals surface area contributed by atoms with Gasteiger partial charge < -0.3 is 0 Å². The highest BCUT2D eigenvalue weighted by atomic mass is 35.5. The third-order valence-corrected chi connectivity index (χ3v) is 4.99. The number of hydrogen-bond acceptors (Lipinski definition) is 2. The van der Waals surface area contributed by atoms with Crippen LogP contribution in [0.4, 0.5) is 0 Å². The summed E-state index contributed by atoms with van der Waals surface area (Å²) in [7, 11) is 0. The molecule has 0 atom stereocenters. The first-order chi connectivity index (χ1) is 9.31. The molecule has 1 saturated heterocycles. The van der Waals surface area contributed by atoms with E-state index in [-0.39, 0.29) is 0 Å². The second-order valence-corrected chi connectivity index (χ2v) is 6.71. The number of nitrogens with zero attached hydrogens (tertiary/aromatic N) is 1. The number of hydrogen-bond donors (Lipinski definition) is 0. The van der Waals surface area contributed by atoms with Crippen molar-refractivity contribution in [1.29, 1.82) is 0 Å². The summed E-state index contributed by atoms with van der Waals surface area (Å²) < 4.78 is 0. The van der Waals surface area contributed by atoms with E-state index >= 15 is 0 Å². The molecule has 1 aliphatic heterocycles. The first-order valence-electron chi connectivity index (χ1n) is 6.88. The molecule has 0 spiro atoms. The van der Waals surface area contributed by atoms with Crippen LogP contribution in [0.15, 0.2) is 36.4 Å². The van der Waals surface area contributed by atoms with Crippen LogP contribution in [0.3, 0.4) is 0 Å². The number of piperidine rings is 1. The second kappa shape index (κ2) is 6.08. The van der Waals surface area contributed by atoms with Gasteiger partial charge in [0.1, 0.15) is 0 Å². The topological polar surface area (TPSA) is 3.24 Å². The normalized spacial score (nSPS) is 16.7. The minimum absolute atomic E-state index is 0.800. The van der Waals surface area contributed by atoms with Gasteiger partial charge in [-0.2, -0.15) is 0 Å². The van der Waals surface area contributed by atoms with E-state index < -0.39 is 0 Å². The third kappa shape index (κ3) is 3.38. The van der Waals surface area contributed by atoms with Gasteiger partial charge in [-0.15, -0.1) is 11.3 Å². The summed E-state index contributed by atoms with van der Waals surface area (Å²) in [5, 5.41) is 0.800. The molecule has 100 valence electrons. The maximum atomic E-state index is 5.93. The van der Waals surface area contributed by atoms with Crippen molar-refractivity contribution < 1.29 is 0 Å². The van der Waals surface area contributed by atoms with E-state index in [0.717, 1.165) is 11.6 Å². The zero-order valence-electron chi connectivity index (χ0n) is 10.9. The second-order valence-electron chi connectivity index (χ2n) is 5.11. The van der Waals surface area contributed by atoms with Crippen LogP contribution in [0.25, 0.3) is 10.4 Å². The van der Waals surface area contributed by atoms with E-state index in [4.69, 9.17) is 11.6 Å². The molecule has 0 bridgehead atoms. The van der Waals surface area contributed by atoms with Crippen molar-refractivity contribution in [2.45, 2.75) is 25.8 Å². The number of thiophene rings is 1. The van der Waals surface area contributed by atoms with E-state index in [1.807, 2.05) is 23.5 Å². The van der Waals surface area contributed by atoms with Crippen molar-refractivity contribution in [2.75, 3.05) is 13.1 Å². The van der Waals surface area contributed by atoms with Crippen molar-refractivity contribution in [3.8, 4) is 10.4 Å². The molecule has 0 aliphatic carbocycles. The minimum Gasteiger partial charge on any atom is -0.298 e. The third-order valence-electron chi connectivity index (χ3n) is 3.62. The summed E-state index contributed by atoms with van der Waals surface area (Å²) >= 11 is 7.83. The van der Waals surface area contributed by atoms with Crippen LogP contribution in [0.2, 0.25) is 5.02 Å². The van der Waals surface area contributed by atoms with Gasteiger partial charge in [0.25, 0.3) is 0 Å². The first-order valence-corrected chi connectivity index (χ1v) is 8.08. The van der Waals surface area contributed by atoms with Gasteiger partial charge in [0.05, 0.1) is 0 Å². The van der Waals surface area contributed by atoms with Gasteiger partial charge in [0.2, 0.25) is 0 Å². The Kier molecular flexibility index (Phi) is 4.21. The van der Waals surface area contributed by atoms with Gasteiger partial charge in [0.15, 0.2) is 0 Å². The average Bonchev–Trinajstić information content (AvgIpc) is 2.89. The number of halogens is 1. The maximum Gasteiger partial charge on any atom is 0.0406 e. The van der Waals surface area contributed by atoms with E-state index in [2.05, 4.69) is 29.2 Å². The van der Waals surface area contributed by atoms with Crippen molar-refractivity contribution >= 4 is 22.9 Å². The molecule has 19 heavy (non-hydrogen) atoms. The summed E-state index contributed by atoms with van der Waals surface area (Å²) in [6.07, 6.45) is 4.11. The van der Waals surface area contributed by atoms with Gasteiger partial charge >= 0.3 is 0 Å². The minimum atomic E-state index is 0.800. The lowest BCUT2D eigenvalue weighted by Crippen LogP contribution is -2.28. The van der Waals surface area contributed by atoms with Crippen LogP contribution in [-0.4, -0.2) is 18.0 Å².